The summed E-state index contributed by atoms with van der Waals surface area (Å²) in [5, 5.41) is 12.1. The fraction of sp³-hybridized carbons (Fsp3) is 0.136. The molecule has 162 valence electrons. The summed E-state index contributed by atoms with van der Waals surface area (Å²) >= 11 is 0. The molecule has 1 atom stereocenters. The van der Waals surface area contributed by atoms with Gasteiger partial charge in [-0.25, -0.2) is 18.7 Å². The van der Waals surface area contributed by atoms with Gasteiger partial charge in [-0.2, -0.15) is 5.26 Å². The number of anilines is 2. The third-order valence-corrected chi connectivity index (χ3v) is 5.83. The Balaban J connectivity index is 1.68. The van der Waals surface area contributed by atoms with Crippen LogP contribution in [0, 0.1) is 30.0 Å². The quantitative estimate of drug-likeness (QED) is 0.384. The Morgan fingerprint density at radius 1 is 1.22 bits per heavy atom. The largest absolute Gasteiger partial charge is 0.464 e. The predicted octanol–water partition coefficient (Wildman–Crippen LogP) is 5.56. The fourth-order valence-electron chi connectivity index (χ4n) is 3.29. The summed E-state index contributed by atoms with van der Waals surface area (Å²) in [5.41, 5.74) is 3.05. The van der Waals surface area contributed by atoms with Crippen LogP contribution in [-0.2, 0) is 20.9 Å². The summed E-state index contributed by atoms with van der Waals surface area (Å²) in [5.74, 6) is -0.528. The molecule has 0 bridgehead atoms. The first-order valence-electron chi connectivity index (χ1n) is 9.40. The maximum atomic E-state index is 14.6. The first-order chi connectivity index (χ1) is 15.5. The van der Waals surface area contributed by atoms with Crippen LogP contribution in [0.4, 0.5) is 20.4 Å². The smallest absolute Gasteiger partial charge is 0.227 e. The minimum Gasteiger partial charge on any atom is -0.464 e. The number of nitrogens with zero attached hydrogens (tertiary/aromatic N) is 4. The minimum absolute atomic E-state index is 0.0101. The van der Waals surface area contributed by atoms with E-state index in [1.54, 1.807) is 6.19 Å². The van der Waals surface area contributed by atoms with Crippen LogP contribution in [0.2, 0.25) is 0 Å². The molecule has 0 saturated heterocycles. The molecule has 4 rings (SSSR count). The van der Waals surface area contributed by atoms with E-state index in [-0.39, 0.29) is 22.6 Å². The van der Waals surface area contributed by atoms with Gasteiger partial charge >= 0.3 is 0 Å². The van der Waals surface area contributed by atoms with Crippen molar-refractivity contribution >= 4 is 33.6 Å². The van der Waals surface area contributed by atoms with E-state index < -0.39 is 22.6 Å². The van der Waals surface area contributed by atoms with E-state index in [0.29, 0.717) is 17.0 Å². The highest BCUT2D eigenvalue weighted by Crippen LogP contribution is 2.32. The summed E-state index contributed by atoms with van der Waals surface area (Å²) in [6, 6.07) is 9.84. The van der Waals surface area contributed by atoms with Crippen LogP contribution in [0.15, 0.2) is 57.6 Å². The number of fused-ring (bicyclic) bond motifs is 1. The minimum atomic E-state index is -0.874. The van der Waals surface area contributed by atoms with Crippen molar-refractivity contribution in [2.24, 2.45) is 4.36 Å². The third kappa shape index (κ3) is 4.49. The van der Waals surface area contributed by atoms with Crippen molar-refractivity contribution in [2.75, 3.05) is 12.4 Å². The van der Waals surface area contributed by atoms with Gasteiger partial charge in [0.15, 0.2) is 5.82 Å². The molecule has 0 aliphatic rings. The molecule has 0 aliphatic carbocycles. The molecule has 10 heteroatoms. The van der Waals surface area contributed by atoms with Crippen LogP contribution >= 0.6 is 0 Å². The maximum absolute atomic E-state index is 14.6. The van der Waals surface area contributed by atoms with Crippen molar-refractivity contribution in [3.63, 3.8) is 0 Å². The maximum Gasteiger partial charge on any atom is 0.227 e. The second-order valence-corrected chi connectivity index (χ2v) is 8.25. The lowest BCUT2D eigenvalue weighted by molar-refractivity contribution is 0.478. The SMILES string of the molecule is CO/S(Cc1cc(C)cc(Nc2ncc(F)c(-c3ccc(F)c4ccoc34)n2)c1)=N\C#N. The number of furan rings is 1. The molecule has 0 amide bonds. The number of nitrogens with one attached hydrogen (secondary N) is 1. The van der Waals surface area contributed by atoms with Gasteiger partial charge in [-0.1, -0.05) is 6.07 Å². The molecule has 7 nitrogen and oxygen atoms in total. The number of halogens is 2. The lowest BCUT2D eigenvalue weighted by Gasteiger charge is -2.11. The van der Waals surface area contributed by atoms with Crippen LogP contribution in [-0.4, -0.2) is 17.1 Å². The van der Waals surface area contributed by atoms with Crippen molar-refractivity contribution in [1.29, 1.82) is 5.26 Å². The van der Waals surface area contributed by atoms with E-state index in [1.807, 2.05) is 25.1 Å². The average molecular weight is 453 g/mol. The van der Waals surface area contributed by atoms with Gasteiger partial charge in [0.05, 0.1) is 41.7 Å². The van der Waals surface area contributed by atoms with Crippen LogP contribution in [0.1, 0.15) is 11.1 Å². The zero-order valence-electron chi connectivity index (χ0n) is 17.1. The van der Waals surface area contributed by atoms with Crippen molar-refractivity contribution in [2.45, 2.75) is 12.7 Å². The van der Waals surface area contributed by atoms with E-state index in [4.69, 9.17) is 13.9 Å². The average Bonchev–Trinajstić information content (AvgIpc) is 3.26. The van der Waals surface area contributed by atoms with E-state index >= 15 is 0 Å². The number of aromatic nitrogens is 2. The highest BCUT2D eigenvalue weighted by atomic mass is 32.2. The second kappa shape index (κ2) is 9.21. The Hall–Kier alpha value is -3.68. The molecule has 2 aromatic heterocycles. The van der Waals surface area contributed by atoms with Gasteiger partial charge in [-0.3, -0.25) is 0 Å². The van der Waals surface area contributed by atoms with E-state index in [2.05, 4.69) is 19.6 Å². The van der Waals surface area contributed by atoms with Crippen molar-refractivity contribution in [3.8, 4) is 17.5 Å². The van der Waals surface area contributed by atoms with Gasteiger partial charge in [0.25, 0.3) is 0 Å². The van der Waals surface area contributed by atoms with Gasteiger partial charge in [0, 0.05) is 11.3 Å². The molecule has 4 aromatic rings. The summed E-state index contributed by atoms with van der Waals surface area (Å²) in [7, 11) is 0.624. The topological polar surface area (TPSA) is 96.3 Å². The molecule has 2 heterocycles. The summed E-state index contributed by atoms with van der Waals surface area (Å²) in [6.07, 6.45) is 4.15. The van der Waals surface area contributed by atoms with E-state index in [0.717, 1.165) is 17.3 Å². The van der Waals surface area contributed by atoms with Crippen molar-refractivity contribution < 1.29 is 17.4 Å². The standard InChI is InChI=1S/C22H17F2N5O2S/c1-13-7-14(11-32(30-2)27-12-25)9-15(8-13)28-22-26-10-19(24)20(29-22)17-3-4-18(23)16-5-6-31-21(16)17/h3-10H,11H2,1-2H3,(H,26,28,29). The van der Waals surface area contributed by atoms with E-state index in [1.165, 1.54) is 31.6 Å². The van der Waals surface area contributed by atoms with Gasteiger partial charge in [-0.15, -0.1) is 4.36 Å². The zero-order chi connectivity index (χ0) is 22.7. The third-order valence-electron chi connectivity index (χ3n) is 4.58. The van der Waals surface area contributed by atoms with Gasteiger partial charge < -0.3 is 13.9 Å². The highest BCUT2D eigenvalue weighted by molar-refractivity contribution is 7.81. The number of rotatable bonds is 6. The van der Waals surface area contributed by atoms with Crippen LogP contribution in [0.5, 0.6) is 0 Å². The fourth-order valence-corrected chi connectivity index (χ4v) is 4.09. The summed E-state index contributed by atoms with van der Waals surface area (Å²) in [4.78, 5) is 8.32. The summed E-state index contributed by atoms with van der Waals surface area (Å²) < 4.78 is 42.9. The first-order valence-corrected chi connectivity index (χ1v) is 10.7. The molecule has 1 unspecified atom stereocenters. The zero-order valence-corrected chi connectivity index (χ0v) is 17.9. The molecule has 0 fully saturated rings. The number of nitriles is 1. The highest BCUT2D eigenvalue weighted by Gasteiger charge is 2.17. The van der Waals surface area contributed by atoms with Crippen LogP contribution in [0.3, 0.4) is 0 Å². The Kier molecular flexibility index (Phi) is 6.20. The molecule has 0 aliphatic heterocycles. The lowest BCUT2D eigenvalue weighted by atomic mass is 10.1. The number of hydrogen-bond acceptors (Lipinski definition) is 7. The Morgan fingerprint density at radius 3 is 2.84 bits per heavy atom. The summed E-state index contributed by atoms with van der Waals surface area (Å²) in [6.45, 7) is 1.92. The molecule has 32 heavy (non-hydrogen) atoms. The van der Waals surface area contributed by atoms with Gasteiger partial charge in [0.1, 0.15) is 17.1 Å². The van der Waals surface area contributed by atoms with Gasteiger partial charge in [-0.05, 0) is 48.4 Å². The van der Waals surface area contributed by atoms with Crippen molar-refractivity contribution in [3.05, 3.63) is 71.6 Å². The van der Waals surface area contributed by atoms with Gasteiger partial charge in [0.2, 0.25) is 12.1 Å². The Labute approximate surface area is 185 Å². The van der Waals surface area contributed by atoms with Crippen LogP contribution < -0.4 is 5.32 Å². The second-order valence-electron chi connectivity index (χ2n) is 6.80. The molecule has 2 aromatic carbocycles. The lowest BCUT2D eigenvalue weighted by Crippen LogP contribution is -2.03. The van der Waals surface area contributed by atoms with E-state index in [9.17, 15) is 8.78 Å². The Bertz CT molecular complexity index is 1380. The molecule has 0 spiro atoms. The van der Waals surface area contributed by atoms with Crippen LogP contribution in [0.25, 0.3) is 22.2 Å². The molecule has 0 radical (unpaired) electrons. The molecule has 0 saturated carbocycles. The first kappa shape index (κ1) is 21.5. The molecular formula is C22H17F2N5O2S. The number of hydrogen-bond donors (Lipinski definition) is 1. The van der Waals surface area contributed by atoms with Crippen molar-refractivity contribution in [1.82, 2.24) is 9.97 Å². The molecule has 1 N–H and O–H groups in total. The monoisotopic (exact) mass is 453 g/mol. The Morgan fingerprint density at radius 2 is 2.06 bits per heavy atom. The molecular weight excluding hydrogens is 436 g/mol. The number of benzene rings is 2. The normalized spacial score (nSPS) is 12.1. The number of aryl methyl sites for hydroxylation is 1. The predicted molar refractivity (Wildman–Crippen MR) is 118 cm³/mol.